The molecule has 1 aromatic carbocycles. The number of nitrogens with zero attached hydrogens (tertiary/aromatic N) is 2. The lowest BCUT2D eigenvalue weighted by Crippen LogP contribution is -2.13. The lowest BCUT2D eigenvalue weighted by atomic mass is 9.97. The van der Waals surface area contributed by atoms with Crippen LogP contribution < -0.4 is 0 Å². The first-order valence-corrected chi connectivity index (χ1v) is 7.34. The second-order valence-corrected chi connectivity index (χ2v) is 5.77. The van der Waals surface area contributed by atoms with Gasteiger partial charge in [-0.15, -0.1) is 0 Å². The highest BCUT2D eigenvalue weighted by atomic mass is 16.4. The summed E-state index contributed by atoms with van der Waals surface area (Å²) in [4.78, 5) is 15.7. The lowest BCUT2D eigenvalue weighted by Gasteiger charge is -2.17. The van der Waals surface area contributed by atoms with Crippen LogP contribution in [0.5, 0.6) is 0 Å². The summed E-state index contributed by atoms with van der Waals surface area (Å²) in [6.07, 6.45) is 3.80. The van der Waals surface area contributed by atoms with Crippen LogP contribution in [0.15, 0.2) is 24.3 Å². The number of benzene rings is 1. The highest BCUT2D eigenvalue weighted by molar-refractivity contribution is 5.76. The molecule has 1 N–H and O–H groups in total. The second kappa shape index (κ2) is 5.27. The summed E-state index contributed by atoms with van der Waals surface area (Å²) in [5.74, 6) is 1.43. The number of imidazole rings is 1. The molecule has 106 valence electrons. The third-order valence-corrected chi connectivity index (χ3v) is 4.43. The Bertz CT molecular complexity index is 632. The molecular formula is C16H20N2O2. The summed E-state index contributed by atoms with van der Waals surface area (Å²) in [7, 11) is 0. The average Bonchev–Trinajstić information content (AvgIpc) is 2.99. The Kier molecular flexibility index (Phi) is 3.47. The van der Waals surface area contributed by atoms with Crippen molar-refractivity contribution in [2.24, 2.45) is 5.92 Å². The molecule has 0 aliphatic heterocycles. The van der Waals surface area contributed by atoms with Gasteiger partial charge in [-0.1, -0.05) is 25.5 Å². The van der Waals surface area contributed by atoms with Crippen molar-refractivity contribution < 1.29 is 9.90 Å². The minimum Gasteiger partial charge on any atom is -0.481 e. The topological polar surface area (TPSA) is 55.1 Å². The summed E-state index contributed by atoms with van der Waals surface area (Å²) >= 11 is 0. The van der Waals surface area contributed by atoms with Crippen LogP contribution in [0.3, 0.4) is 0 Å². The van der Waals surface area contributed by atoms with E-state index in [4.69, 9.17) is 10.1 Å². The number of hydrogen-bond acceptors (Lipinski definition) is 2. The molecule has 0 radical (unpaired) electrons. The standard InChI is InChI=1S/C16H20N2O2/c1-11-5-4-6-12(11)16-17-13-7-2-3-8-14(13)18(16)10-9-15(19)20/h2-3,7-8,11-12H,4-6,9-10H2,1H3,(H,19,20). The van der Waals surface area contributed by atoms with Crippen LogP contribution in [0.1, 0.15) is 44.3 Å². The Balaban J connectivity index is 2.04. The maximum atomic E-state index is 10.9. The lowest BCUT2D eigenvalue weighted by molar-refractivity contribution is -0.137. The Morgan fingerprint density at radius 3 is 2.90 bits per heavy atom. The van der Waals surface area contributed by atoms with Gasteiger partial charge in [-0.2, -0.15) is 0 Å². The molecule has 1 aliphatic carbocycles. The van der Waals surface area contributed by atoms with Gasteiger partial charge in [0.2, 0.25) is 0 Å². The maximum Gasteiger partial charge on any atom is 0.305 e. The first-order chi connectivity index (χ1) is 9.66. The zero-order valence-corrected chi connectivity index (χ0v) is 11.7. The largest absolute Gasteiger partial charge is 0.481 e. The fourth-order valence-electron chi connectivity index (χ4n) is 3.35. The summed E-state index contributed by atoms with van der Waals surface area (Å²) in [6.45, 7) is 2.78. The zero-order chi connectivity index (χ0) is 14.1. The first kappa shape index (κ1) is 13.2. The van der Waals surface area contributed by atoms with Crippen LogP contribution in [0.25, 0.3) is 11.0 Å². The van der Waals surface area contributed by atoms with Gasteiger partial charge in [0.05, 0.1) is 17.5 Å². The van der Waals surface area contributed by atoms with Crippen LogP contribution in [-0.2, 0) is 11.3 Å². The zero-order valence-electron chi connectivity index (χ0n) is 11.7. The molecule has 0 bridgehead atoms. The number of carboxylic acid groups (broad SMARTS) is 1. The molecule has 1 saturated carbocycles. The molecule has 2 atom stereocenters. The number of para-hydroxylation sites is 2. The highest BCUT2D eigenvalue weighted by Crippen LogP contribution is 2.39. The Labute approximate surface area is 118 Å². The first-order valence-electron chi connectivity index (χ1n) is 7.34. The third-order valence-electron chi connectivity index (χ3n) is 4.43. The molecule has 20 heavy (non-hydrogen) atoms. The van der Waals surface area contributed by atoms with E-state index in [-0.39, 0.29) is 6.42 Å². The molecule has 1 fully saturated rings. The smallest absolute Gasteiger partial charge is 0.305 e. The molecular weight excluding hydrogens is 252 g/mol. The fourth-order valence-corrected chi connectivity index (χ4v) is 3.35. The second-order valence-electron chi connectivity index (χ2n) is 5.77. The Morgan fingerprint density at radius 2 is 2.20 bits per heavy atom. The molecule has 4 heteroatoms. The summed E-state index contributed by atoms with van der Waals surface area (Å²) in [5.41, 5.74) is 2.04. The van der Waals surface area contributed by atoms with E-state index in [0.29, 0.717) is 18.4 Å². The van der Waals surface area contributed by atoms with Crippen LogP contribution in [0.4, 0.5) is 0 Å². The third kappa shape index (κ3) is 2.30. The molecule has 2 aromatic rings. The molecule has 4 nitrogen and oxygen atoms in total. The quantitative estimate of drug-likeness (QED) is 0.927. The van der Waals surface area contributed by atoms with E-state index in [1.807, 2.05) is 24.3 Å². The highest BCUT2D eigenvalue weighted by Gasteiger charge is 2.29. The molecule has 3 rings (SSSR count). The van der Waals surface area contributed by atoms with Gasteiger partial charge in [0, 0.05) is 12.5 Å². The minimum atomic E-state index is -0.756. The summed E-state index contributed by atoms with van der Waals surface area (Å²) in [6, 6.07) is 8.02. The van der Waals surface area contributed by atoms with Gasteiger partial charge < -0.3 is 9.67 Å². The van der Waals surface area contributed by atoms with Crippen molar-refractivity contribution in [1.82, 2.24) is 9.55 Å². The number of hydrogen-bond donors (Lipinski definition) is 1. The number of aryl methyl sites for hydroxylation is 1. The van der Waals surface area contributed by atoms with Crippen molar-refractivity contribution in [1.29, 1.82) is 0 Å². The SMILES string of the molecule is CC1CCCC1c1nc2ccccc2n1CCC(=O)O. The van der Waals surface area contributed by atoms with Gasteiger partial charge in [-0.25, -0.2) is 4.98 Å². The number of rotatable bonds is 4. The Hall–Kier alpha value is -1.84. The number of fused-ring (bicyclic) bond motifs is 1. The number of aromatic nitrogens is 2. The van der Waals surface area contributed by atoms with E-state index in [1.54, 1.807) is 0 Å². The van der Waals surface area contributed by atoms with Crippen LogP contribution in [0.2, 0.25) is 0 Å². The predicted octanol–water partition coefficient (Wildman–Crippen LogP) is 3.41. The molecule has 0 amide bonds. The van der Waals surface area contributed by atoms with Crippen molar-refractivity contribution >= 4 is 17.0 Å². The maximum absolute atomic E-state index is 10.9. The van der Waals surface area contributed by atoms with Crippen molar-refractivity contribution in [2.45, 2.75) is 45.1 Å². The van der Waals surface area contributed by atoms with E-state index in [9.17, 15) is 4.79 Å². The van der Waals surface area contributed by atoms with E-state index >= 15 is 0 Å². The summed E-state index contributed by atoms with van der Waals surface area (Å²) < 4.78 is 2.12. The van der Waals surface area contributed by atoms with Gasteiger partial charge in [0.15, 0.2) is 0 Å². The van der Waals surface area contributed by atoms with Crippen LogP contribution in [0, 0.1) is 5.92 Å². The van der Waals surface area contributed by atoms with Gasteiger partial charge in [-0.3, -0.25) is 4.79 Å². The minimum absolute atomic E-state index is 0.147. The van der Waals surface area contributed by atoms with Gasteiger partial charge >= 0.3 is 5.97 Å². The Morgan fingerprint density at radius 1 is 1.40 bits per heavy atom. The van der Waals surface area contributed by atoms with E-state index in [1.165, 1.54) is 12.8 Å². The number of carbonyl (C=O) groups is 1. The molecule has 0 saturated heterocycles. The predicted molar refractivity (Wildman–Crippen MR) is 77.7 cm³/mol. The fraction of sp³-hybridized carbons (Fsp3) is 0.500. The van der Waals surface area contributed by atoms with E-state index in [0.717, 1.165) is 23.3 Å². The van der Waals surface area contributed by atoms with Gasteiger partial charge in [-0.05, 0) is 30.9 Å². The van der Waals surface area contributed by atoms with Crippen molar-refractivity contribution in [3.8, 4) is 0 Å². The molecule has 0 spiro atoms. The van der Waals surface area contributed by atoms with Crippen molar-refractivity contribution in [3.63, 3.8) is 0 Å². The number of carboxylic acids is 1. The van der Waals surface area contributed by atoms with Crippen LogP contribution in [-0.4, -0.2) is 20.6 Å². The van der Waals surface area contributed by atoms with Crippen molar-refractivity contribution in [2.75, 3.05) is 0 Å². The average molecular weight is 272 g/mol. The van der Waals surface area contributed by atoms with E-state index < -0.39 is 5.97 Å². The molecule has 1 aliphatic rings. The normalized spacial score (nSPS) is 22.4. The molecule has 1 heterocycles. The summed E-state index contributed by atoms with van der Waals surface area (Å²) in [5, 5.41) is 8.96. The monoisotopic (exact) mass is 272 g/mol. The van der Waals surface area contributed by atoms with Gasteiger partial charge in [0.25, 0.3) is 0 Å². The van der Waals surface area contributed by atoms with E-state index in [2.05, 4.69) is 11.5 Å². The van der Waals surface area contributed by atoms with Crippen molar-refractivity contribution in [3.05, 3.63) is 30.1 Å². The number of aliphatic carboxylic acids is 1. The molecule has 2 unspecified atom stereocenters. The van der Waals surface area contributed by atoms with Gasteiger partial charge in [0.1, 0.15) is 5.82 Å². The molecule has 1 aromatic heterocycles. The van der Waals surface area contributed by atoms with Crippen LogP contribution >= 0.6 is 0 Å².